The minimum absolute atomic E-state index is 0.112. The van der Waals surface area contributed by atoms with Crippen molar-refractivity contribution < 1.29 is 4.79 Å². The van der Waals surface area contributed by atoms with Gasteiger partial charge in [-0.05, 0) is 39.0 Å². The van der Waals surface area contributed by atoms with E-state index in [1.54, 1.807) is 6.33 Å². The zero-order chi connectivity index (χ0) is 14.0. The van der Waals surface area contributed by atoms with Gasteiger partial charge >= 0.3 is 0 Å². The molecular formula is C14H20N4O. The first-order valence-corrected chi connectivity index (χ1v) is 6.59. The summed E-state index contributed by atoms with van der Waals surface area (Å²) in [5.74, 6) is 0.112. The number of hydrogen-bond acceptors (Lipinski definition) is 3. The molecule has 0 aliphatic heterocycles. The molecule has 0 saturated carbocycles. The van der Waals surface area contributed by atoms with Crippen molar-refractivity contribution in [1.29, 1.82) is 0 Å². The zero-order valence-electron chi connectivity index (χ0n) is 11.6. The van der Waals surface area contributed by atoms with Crippen LogP contribution in [-0.2, 0) is 4.79 Å². The molecule has 5 nitrogen and oxygen atoms in total. The second kappa shape index (κ2) is 5.30. The fourth-order valence-corrected chi connectivity index (χ4v) is 2.28. The summed E-state index contributed by atoms with van der Waals surface area (Å²) in [6, 6.07) is 5.30. The maximum Gasteiger partial charge on any atom is 0.245 e. The number of benzene rings is 1. The summed E-state index contributed by atoms with van der Waals surface area (Å²) < 4.78 is 1.90. The Hall–Kier alpha value is -2.04. The Kier molecular flexibility index (Phi) is 3.74. The van der Waals surface area contributed by atoms with Crippen LogP contribution in [0.5, 0.6) is 0 Å². The minimum Gasteiger partial charge on any atom is -0.399 e. The summed E-state index contributed by atoms with van der Waals surface area (Å²) in [6.07, 6.45) is 1.70. The number of likely N-dealkylation sites (N-methyl/N-ethyl adjacent to an activating group) is 1. The van der Waals surface area contributed by atoms with Crippen LogP contribution in [0.25, 0.3) is 11.0 Å². The molecule has 1 unspecified atom stereocenters. The molecule has 5 heteroatoms. The number of hydrogen-bond donors (Lipinski definition) is 1. The number of nitrogens with zero attached hydrogens (tertiary/aromatic N) is 3. The van der Waals surface area contributed by atoms with Crippen molar-refractivity contribution in [2.24, 2.45) is 0 Å². The van der Waals surface area contributed by atoms with Gasteiger partial charge in [0.05, 0.1) is 17.4 Å². The van der Waals surface area contributed by atoms with Gasteiger partial charge in [-0.15, -0.1) is 0 Å². The Morgan fingerprint density at radius 1 is 1.42 bits per heavy atom. The lowest BCUT2D eigenvalue weighted by atomic mass is 10.2. The van der Waals surface area contributed by atoms with E-state index >= 15 is 0 Å². The van der Waals surface area contributed by atoms with Crippen LogP contribution in [-0.4, -0.2) is 33.4 Å². The summed E-state index contributed by atoms with van der Waals surface area (Å²) in [4.78, 5) is 18.5. The number of imidazole rings is 1. The standard InChI is InChI=1S/C14H20N4O/c1-4-17(5-2)14(19)10(3)18-9-16-12-8-11(15)6-7-13(12)18/h6-10H,4-5,15H2,1-3H3. The first kappa shape index (κ1) is 13.4. The number of amides is 1. The van der Waals surface area contributed by atoms with Gasteiger partial charge in [0.15, 0.2) is 0 Å². The van der Waals surface area contributed by atoms with E-state index in [4.69, 9.17) is 5.73 Å². The van der Waals surface area contributed by atoms with Crippen molar-refractivity contribution in [3.8, 4) is 0 Å². The first-order valence-electron chi connectivity index (χ1n) is 6.59. The molecule has 1 heterocycles. The second-order valence-electron chi connectivity index (χ2n) is 4.59. The molecule has 1 aromatic heterocycles. The molecule has 0 bridgehead atoms. The Labute approximate surface area is 113 Å². The lowest BCUT2D eigenvalue weighted by molar-refractivity contribution is -0.133. The summed E-state index contributed by atoms with van der Waals surface area (Å²) in [7, 11) is 0. The van der Waals surface area contributed by atoms with Gasteiger partial charge in [-0.25, -0.2) is 4.98 Å². The summed E-state index contributed by atoms with van der Waals surface area (Å²) >= 11 is 0. The number of rotatable bonds is 4. The van der Waals surface area contributed by atoms with Crippen molar-refractivity contribution in [2.75, 3.05) is 18.8 Å². The molecule has 1 aromatic carbocycles. The number of nitrogens with two attached hydrogens (primary N) is 1. The van der Waals surface area contributed by atoms with Gasteiger partial charge in [-0.1, -0.05) is 0 Å². The molecule has 0 aliphatic carbocycles. The van der Waals surface area contributed by atoms with E-state index in [1.165, 1.54) is 0 Å². The van der Waals surface area contributed by atoms with Crippen LogP contribution >= 0.6 is 0 Å². The van der Waals surface area contributed by atoms with E-state index in [0.29, 0.717) is 5.69 Å². The van der Waals surface area contributed by atoms with Gasteiger partial charge in [0, 0.05) is 18.8 Å². The molecule has 102 valence electrons. The van der Waals surface area contributed by atoms with Gasteiger partial charge in [0.2, 0.25) is 5.91 Å². The maximum absolute atomic E-state index is 12.4. The smallest absolute Gasteiger partial charge is 0.245 e. The number of anilines is 1. The van der Waals surface area contributed by atoms with Crippen LogP contribution < -0.4 is 5.73 Å². The van der Waals surface area contributed by atoms with Crippen LogP contribution in [0.2, 0.25) is 0 Å². The molecule has 0 saturated heterocycles. The Morgan fingerprint density at radius 2 is 2.11 bits per heavy atom. The number of carbonyl (C=O) groups excluding carboxylic acids is 1. The molecule has 0 aliphatic rings. The van der Waals surface area contributed by atoms with Gasteiger partial charge in [0.1, 0.15) is 6.04 Å². The van der Waals surface area contributed by atoms with E-state index in [1.807, 2.05) is 48.4 Å². The lowest BCUT2D eigenvalue weighted by Crippen LogP contribution is -2.35. The SMILES string of the molecule is CCN(CC)C(=O)C(C)n1cnc2cc(N)ccc21. The van der Waals surface area contributed by atoms with Crippen molar-refractivity contribution in [3.63, 3.8) is 0 Å². The number of fused-ring (bicyclic) bond motifs is 1. The van der Waals surface area contributed by atoms with E-state index in [0.717, 1.165) is 24.1 Å². The fourth-order valence-electron chi connectivity index (χ4n) is 2.28. The summed E-state index contributed by atoms with van der Waals surface area (Å²) in [6.45, 7) is 7.32. The highest BCUT2D eigenvalue weighted by Gasteiger charge is 2.21. The normalized spacial score (nSPS) is 12.6. The Bertz CT molecular complexity index is 586. The molecule has 1 amide bonds. The Morgan fingerprint density at radius 3 is 2.74 bits per heavy atom. The second-order valence-corrected chi connectivity index (χ2v) is 4.59. The summed E-state index contributed by atoms with van der Waals surface area (Å²) in [5.41, 5.74) is 8.17. The molecule has 2 rings (SSSR count). The Balaban J connectivity index is 2.36. The number of aromatic nitrogens is 2. The average Bonchev–Trinajstić information content (AvgIpc) is 2.81. The number of carbonyl (C=O) groups is 1. The van der Waals surface area contributed by atoms with E-state index in [9.17, 15) is 4.79 Å². The molecule has 1 atom stereocenters. The lowest BCUT2D eigenvalue weighted by Gasteiger charge is -2.23. The van der Waals surface area contributed by atoms with Crippen molar-refractivity contribution in [1.82, 2.24) is 14.5 Å². The van der Waals surface area contributed by atoms with Crippen molar-refractivity contribution >= 4 is 22.6 Å². The molecule has 0 fully saturated rings. The van der Waals surface area contributed by atoms with Crippen LogP contribution in [0.4, 0.5) is 5.69 Å². The molecule has 2 N–H and O–H groups in total. The van der Waals surface area contributed by atoms with Gasteiger partial charge in [-0.2, -0.15) is 0 Å². The topological polar surface area (TPSA) is 64.2 Å². The third kappa shape index (κ3) is 2.41. The first-order chi connectivity index (χ1) is 9.08. The van der Waals surface area contributed by atoms with Gasteiger partial charge < -0.3 is 15.2 Å². The third-order valence-electron chi connectivity index (χ3n) is 3.45. The van der Waals surface area contributed by atoms with E-state index < -0.39 is 0 Å². The molecule has 0 spiro atoms. The largest absolute Gasteiger partial charge is 0.399 e. The van der Waals surface area contributed by atoms with Crippen LogP contribution in [0, 0.1) is 0 Å². The predicted octanol–water partition coefficient (Wildman–Crippen LogP) is 2.05. The predicted molar refractivity (Wildman–Crippen MR) is 76.8 cm³/mol. The molecule has 2 aromatic rings. The maximum atomic E-state index is 12.4. The van der Waals surface area contributed by atoms with Crippen molar-refractivity contribution in [2.45, 2.75) is 26.8 Å². The molecule has 19 heavy (non-hydrogen) atoms. The van der Waals surface area contributed by atoms with Gasteiger partial charge in [-0.3, -0.25) is 4.79 Å². The average molecular weight is 260 g/mol. The van der Waals surface area contributed by atoms with Crippen LogP contribution in [0.1, 0.15) is 26.8 Å². The van der Waals surface area contributed by atoms with Crippen LogP contribution in [0.15, 0.2) is 24.5 Å². The number of nitrogen functional groups attached to an aromatic ring is 1. The highest BCUT2D eigenvalue weighted by Crippen LogP contribution is 2.21. The van der Waals surface area contributed by atoms with E-state index in [2.05, 4.69) is 4.98 Å². The minimum atomic E-state index is -0.256. The quantitative estimate of drug-likeness (QED) is 0.856. The third-order valence-corrected chi connectivity index (χ3v) is 3.45. The fraction of sp³-hybridized carbons (Fsp3) is 0.429. The summed E-state index contributed by atoms with van der Waals surface area (Å²) in [5, 5.41) is 0. The van der Waals surface area contributed by atoms with Gasteiger partial charge in [0.25, 0.3) is 0 Å². The highest BCUT2D eigenvalue weighted by atomic mass is 16.2. The van der Waals surface area contributed by atoms with Crippen molar-refractivity contribution in [3.05, 3.63) is 24.5 Å². The van der Waals surface area contributed by atoms with E-state index in [-0.39, 0.29) is 11.9 Å². The zero-order valence-corrected chi connectivity index (χ0v) is 11.6. The monoisotopic (exact) mass is 260 g/mol. The van der Waals surface area contributed by atoms with Crippen LogP contribution in [0.3, 0.4) is 0 Å². The molecule has 0 radical (unpaired) electrons. The highest BCUT2D eigenvalue weighted by molar-refractivity contribution is 5.84. The molecular weight excluding hydrogens is 240 g/mol.